The number of nitrogens with zero attached hydrogens (tertiary/aromatic N) is 4. The summed E-state index contributed by atoms with van der Waals surface area (Å²) in [5.41, 5.74) is 2.22. The van der Waals surface area contributed by atoms with Gasteiger partial charge in [-0.1, -0.05) is 30.3 Å². The third-order valence-electron chi connectivity index (χ3n) is 4.36. The Balaban J connectivity index is 1.68. The van der Waals surface area contributed by atoms with Gasteiger partial charge in [0.15, 0.2) is 0 Å². The van der Waals surface area contributed by atoms with Crippen LogP contribution in [-0.4, -0.2) is 30.9 Å². The van der Waals surface area contributed by atoms with Crippen LogP contribution in [0.3, 0.4) is 0 Å². The van der Waals surface area contributed by atoms with Gasteiger partial charge in [-0.2, -0.15) is 0 Å². The molecule has 0 fully saturated rings. The zero-order valence-electron chi connectivity index (χ0n) is 15.1. The number of rotatable bonds is 5. The molecule has 1 aromatic carbocycles. The zero-order valence-corrected chi connectivity index (χ0v) is 15.1. The second-order valence-electron chi connectivity index (χ2n) is 6.35. The molecular weight excluding hydrogens is 352 g/mol. The first-order valence-corrected chi connectivity index (χ1v) is 8.88. The van der Waals surface area contributed by atoms with Gasteiger partial charge in [0.25, 0.3) is 5.91 Å². The number of phenols is 1. The van der Waals surface area contributed by atoms with Gasteiger partial charge in [-0.05, 0) is 36.4 Å². The molecule has 1 N–H and O–H groups in total. The molecule has 0 atom stereocenters. The van der Waals surface area contributed by atoms with E-state index in [0.717, 1.165) is 16.8 Å². The van der Waals surface area contributed by atoms with Crippen LogP contribution in [0.1, 0.15) is 21.9 Å². The maximum absolute atomic E-state index is 13.2. The van der Waals surface area contributed by atoms with Gasteiger partial charge >= 0.3 is 0 Å². The Morgan fingerprint density at radius 1 is 0.821 bits per heavy atom. The fourth-order valence-electron chi connectivity index (χ4n) is 2.99. The quantitative estimate of drug-likeness (QED) is 0.581. The lowest BCUT2D eigenvalue weighted by molar-refractivity contribution is 0.0720. The average molecular weight is 370 g/mol. The Bertz CT molecular complexity index is 1060. The molecule has 0 saturated heterocycles. The highest BCUT2D eigenvalue weighted by atomic mass is 16.3. The fraction of sp³-hybridized carbons (Fsp3) is 0.0909. The number of aromatic nitrogens is 3. The Morgan fingerprint density at radius 3 is 2.11 bits per heavy atom. The number of fused-ring (bicyclic) bond motifs is 1. The number of carbonyl (C=O) groups is 1. The molecule has 3 aromatic heterocycles. The highest BCUT2D eigenvalue weighted by molar-refractivity contribution is 5.95. The lowest BCUT2D eigenvalue weighted by Crippen LogP contribution is -2.31. The van der Waals surface area contributed by atoms with Gasteiger partial charge in [0.2, 0.25) is 0 Å². The minimum Gasteiger partial charge on any atom is -0.506 e. The molecule has 4 rings (SSSR count). The van der Waals surface area contributed by atoms with Gasteiger partial charge in [0, 0.05) is 17.8 Å². The van der Waals surface area contributed by atoms with Crippen molar-refractivity contribution in [2.45, 2.75) is 13.1 Å². The molecule has 4 aromatic rings. The van der Waals surface area contributed by atoms with E-state index in [9.17, 15) is 9.90 Å². The topological polar surface area (TPSA) is 79.2 Å². The molecule has 0 radical (unpaired) electrons. The van der Waals surface area contributed by atoms with E-state index in [1.54, 1.807) is 41.6 Å². The van der Waals surface area contributed by atoms with Crippen LogP contribution in [-0.2, 0) is 13.1 Å². The molecule has 0 spiro atoms. The summed E-state index contributed by atoms with van der Waals surface area (Å²) in [7, 11) is 0. The molecule has 0 aliphatic heterocycles. The molecule has 28 heavy (non-hydrogen) atoms. The number of benzene rings is 1. The van der Waals surface area contributed by atoms with Crippen molar-refractivity contribution in [1.82, 2.24) is 19.9 Å². The minimum absolute atomic E-state index is 0.0492. The number of para-hydroxylation sites is 1. The van der Waals surface area contributed by atoms with Gasteiger partial charge in [-0.25, -0.2) is 4.98 Å². The monoisotopic (exact) mass is 370 g/mol. The maximum atomic E-state index is 13.2. The molecule has 6 nitrogen and oxygen atoms in total. The summed E-state index contributed by atoms with van der Waals surface area (Å²) in [6.07, 6.45) is 3.40. The van der Waals surface area contributed by atoms with Crippen molar-refractivity contribution in [3.05, 3.63) is 96.2 Å². The molecule has 0 aliphatic carbocycles. The summed E-state index contributed by atoms with van der Waals surface area (Å²) in [5.74, 6) is -0.199. The average Bonchev–Trinajstić information content (AvgIpc) is 2.74. The predicted octanol–water partition coefficient (Wildman–Crippen LogP) is 3.57. The normalized spacial score (nSPS) is 10.7. The van der Waals surface area contributed by atoms with Crippen molar-refractivity contribution in [3.8, 4) is 5.75 Å². The Hall–Kier alpha value is -3.80. The van der Waals surface area contributed by atoms with Crippen molar-refractivity contribution < 1.29 is 9.90 Å². The van der Waals surface area contributed by atoms with E-state index in [0.29, 0.717) is 18.6 Å². The number of carbonyl (C=O) groups excluding carboxylic acids is 1. The molecule has 0 saturated carbocycles. The highest BCUT2D eigenvalue weighted by Crippen LogP contribution is 2.23. The Labute approximate surface area is 162 Å². The van der Waals surface area contributed by atoms with Crippen LogP contribution in [0, 0.1) is 0 Å². The van der Waals surface area contributed by atoms with Crippen LogP contribution in [0.4, 0.5) is 0 Å². The largest absolute Gasteiger partial charge is 0.506 e. The lowest BCUT2D eigenvalue weighted by Gasteiger charge is -2.22. The summed E-state index contributed by atoms with van der Waals surface area (Å²) in [6, 6.07) is 19.8. The van der Waals surface area contributed by atoms with Crippen LogP contribution in [0.2, 0.25) is 0 Å². The number of amides is 1. The van der Waals surface area contributed by atoms with E-state index in [2.05, 4.69) is 15.0 Å². The number of pyridine rings is 3. The van der Waals surface area contributed by atoms with Crippen molar-refractivity contribution in [2.24, 2.45) is 0 Å². The molecule has 0 bridgehead atoms. The van der Waals surface area contributed by atoms with Gasteiger partial charge in [0.1, 0.15) is 17.0 Å². The zero-order chi connectivity index (χ0) is 19.3. The van der Waals surface area contributed by atoms with E-state index >= 15 is 0 Å². The van der Waals surface area contributed by atoms with Crippen LogP contribution in [0.25, 0.3) is 10.9 Å². The summed E-state index contributed by atoms with van der Waals surface area (Å²) >= 11 is 0. The molecule has 0 unspecified atom stereocenters. The summed E-state index contributed by atoms with van der Waals surface area (Å²) in [6.45, 7) is 0.660. The smallest absolute Gasteiger partial charge is 0.273 e. The molecule has 3 heterocycles. The number of phenolic OH excluding ortho intramolecular Hbond substituents is 1. The molecule has 6 heteroatoms. The van der Waals surface area contributed by atoms with Gasteiger partial charge in [-0.3, -0.25) is 14.8 Å². The maximum Gasteiger partial charge on any atom is 0.273 e. The standard InChI is InChI=1S/C22H18N4O2/c27-20-9-5-6-16-10-11-19(25-21(16)20)22(28)26(14-17-7-1-3-12-23-17)15-18-8-2-4-13-24-18/h1-13,27H,14-15H2. The van der Waals surface area contributed by atoms with Gasteiger partial charge in [0.05, 0.1) is 24.5 Å². The molecule has 1 amide bonds. The van der Waals surface area contributed by atoms with Crippen molar-refractivity contribution in [2.75, 3.05) is 0 Å². The Morgan fingerprint density at radius 2 is 1.50 bits per heavy atom. The predicted molar refractivity (Wildman–Crippen MR) is 105 cm³/mol. The summed E-state index contributed by atoms with van der Waals surface area (Å²) in [4.78, 5) is 27.9. The van der Waals surface area contributed by atoms with Crippen molar-refractivity contribution >= 4 is 16.8 Å². The number of hydrogen-bond donors (Lipinski definition) is 1. The summed E-state index contributed by atoms with van der Waals surface area (Å²) < 4.78 is 0. The van der Waals surface area contributed by atoms with E-state index in [1.165, 1.54) is 0 Å². The van der Waals surface area contributed by atoms with E-state index < -0.39 is 0 Å². The third kappa shape index (κ3) is 3.81. The van der Waals surface area contributed by atoms with E-state index in [-0.39, 0.29) is 17.4 Å². The first-order valence-electron chi connectivity index (χ1n) is 8.88. The molecule has 0 aliphatic rings. The highest BCUT2D eigenvalue weighted by Gasteiger charge is 2.20. The first-order chi connectivity index (χ1) is 13.7. The fourth-order valence-corrected chi connectivity index (χ4v) is 2.99. The van der Waals surface area contributed by atoms with E-state index in [1.807, 2.05) is 42.5 Å². The van der Waals surface area contributed by atoms with Gasteiger partial charge in [-0.15, -0.1) is 0 Å². The summed E-state index contributed by atoms with van der Waals surface area (Å²) in [5, 5.41) is 10.9. The van der Waals surface area contributed by atoms with Crippen LogP contribution in [0.5, 0.6) is 5.75 Å². The SMILES string of the molecule is O=C(c1ccc2cccc(O)c2n1)N(Cc1ccccn1)Cc1ccccn1. The van der Waals surface area contributed by atoms with Crippen LogP contribution in [0.15, 0.2) is 79.1 Å². The number of hydrogen-bond acceptors (Lipinski definition) is 5. The second kappa shape index (κ2) is 7.84. The second-order valence-corrected chi connectivity index (χ2v) is 6.35. The van der Waals surface area contributed by atoms with Gasteiger partial charge < -0.3 is 10.0 Å². The first kappa shape index (κ1) is 17.6. The lowest BCUT2D eigenvalue weighted by atomic mass is 10.1. The molecule has 138 valence electrons. The Kier molecular flexibility index (Phi) is 4.93. The van der Waals surface area contributed by atoms with Crippen molar-refractivity contribution in [3.63, 3.8) is 0 Å². The van der Waals surface area contributed by atoms with E-state index in [4.69, 9.17) is 0 Å². The van der Waals surface area contributed by atoms with Crippen LogP contribution >= 0.6 is 0 Å². The number of aromatic hydroxyl groups is 1. The molecular formula is C22H18N4O2. The van der Waals surface area contributed by atoms with Crippen LogP contribution < -0.4 is 0 Å². The van der Waals surface area contributed by atoms with Crippen molar-refractivity contribution in [1.29, 1.82) is 0 Å². The third-order valence-corrected chi connectivity index (χ3v) is 4.36. The minimum atomic E-state index is -0.249.